The summed E-state index contributed by atoms with van der Waals surface area (Å²) in [5, 5.41) is 0.635. The Morgan fingerprint density at radius 3 is 2.50 bits per heavy atom. The summed E-state index contributed by atoms with van der Waals surface area (Å²) in [4.78, 5) is 13.3. The van der Waals surface area contributed by atoms with Gasteiger partial charge in [-0.25, -0.2) is 0 Å². The lowest BCUT2D eigenvalue weighted by atomic mass is 10.1. The highest BCUT2D eigenvalue weighted by molar-refractivity contribution is 6.33. The van der Waals surface area contributed by atoms with Gasteiger partial charge < -0.3 is 4.90 Å². The molecule has 3 heteroatoms. The molecule has 0 spiro atoms. The van der Waals surface area contributed by atoms with Crippen molar-refractivity contribution in [3.8, 4) is 0 Å². The fourth-order valence-electron chi connectivity index (χ4n) is 1.68. The molecule has 0 radical (unpaired) electrons. The van der Waals surface area contributed by atoms with Gasteiger partial charge in [0.15, 0.2) is 5.78 Å². The van der Waals surface area contributed by atoms with Gasteiger partial charge >= 0.3 is 0 Å². The molecule has 0 saturated carbocycles. The first-order valence-electron chi connectivity index (χ1n) is 5.43. The van der Waals surface area contributed by atoms with Crippen LogP contribution < -0.4 is 4.90 Å². The van der Waals surface area contributed by atoms with E-state index in [4.69, 9.17) is 11.6 Å². The zero-order valence-corrected chi connectivity index (χ0v) is 11.0. The van der Waals surface area contributed by atoms with Gasteiger partial charge in [0.1, 0.15) is 0 Å². The first kappa shape index (κ1) is 13.0. The summed E-state index contributed by atoms with van der Waals surface area (Å²) in [6.45, 7) is 6.81. The van der Waals surface area contributed by atoms with Gasteiger partial charge in [-0.3, -0.25) is 4.79 Å². The molecule has 1 aromatic rings. The van der Waals surface area contributed by atoms with Crippen molar-refractivity contribution in [2.45, 2.75) is 20.8 Å². The van der Waals surface area contributed by atoms with Crippen LogP contribution in [0.25, 0.3) is 0 Å². The second-order valence-corrected chi connectivity index (χ2v) is 4.90. The maximum Gasteiger partial charge on any atom is 0.159 e. The molecule has 0 fully saturated rings. The van der Waals surface area contributed by atoms with E-state index >= 15 is 0 Å². The van der Waals surface area contributed by atoms with E-state index in [1.165, 1.54) is 0 Å². The SMILES string of the molecule is CC(=O)c1ccc(N(C)CC(C)C)c(Cl)c1. The molecule has 1 aromatic carbocycles. The van der Waals surface area contributed by atoms with E-state index in [1.54, 1.807) is 13.0 Å². The smallest absolute Gasteiger partial charge is 0.159 e. The van der Waals surface area contributed by atoms with E-state index in [-0.39, 0.29) is 5.78 Å². The molecule has 0 unspecified atom stereocenters. The van der Waals surface area contributed by atoms with Crippen molar-refractivity contribution >= 4 is 23.1 Å². The van der Waals surface area contributed by atoms with Crippen LogP contribution in [0.1, 0.15) is 31.1 Å². The lowest BCUT2D eigenvalue weighted by molar-refractivity contribution is 0.101. The number of anilines is 1. The molecular formula is C13H18ClNO. The van der Waals surface area contributed by atoms with Gasteiger partial charge in [0.05, 0.1) is 10.7 Å². The Balaban J connectivity index is 2.94. The quantitative estimate of drug-likeness (QED) is 0.748. The third kappa shape index (κ3) is 3.24. The predicted octanol–water partition coefficient (Wildman–Crippen LogP) is 3.63. The van der Waals surface area contributed by atoms with Gasteiger partial charge in [0.2, 0.25) is 0 Å². The highest BCUT2D eigenvalue weighted by Crippen LogP contribution is 2.26. The van der Waals surface area contributed by atoms with Crippen molar-refractivity contribution < 1.29 is 4.79 Å². The number of nitrogens with zero attached hydrogens (tertiary/aromatic N) is 1. The number of benzene rings is 1. The fourth-order valence-corrected chi connectivity index (χ4v) is 2.01. The highest BCUT2D eigenvalue weighted by atomic mass is 35.5. The molecule has 2 nitrogen and oxygen atoms in total. The van der Waals surface area contributed by atoms with E-state index < -0.39 is 0 Å². The summed E-state index contributed by atoms with van der Waals surface area (Å²) < 4.78 is 0. The Morgan fingerprint density at radius 1 is 1.44 bits per heavy atom. The van der Waals surface area contributed by atoms with Crippen molar-refractivity contribution in [2.75, 3.05) is 18.5 Å². The molecule has 0 aliphatic rings. The largest absolute Gasteiger partial charge is 0.373 e. The van der Waals surface area contributed by atoms with Crippen LogP contribution in [0.2, 0.25) is 5.02 Å². The Hall–Kier alpha value is -1.02. The Labute approximate surface area is 102 Å². The Kier molecular flexibility index (Phi) is 4.36. The molecule has 0 aromatic heterocycles. The number of Topliss-reactive ketones (excluding diaryl/α,β-unsaturated/α-hetero) is 1. The molecule has 0 N–H and O–H groups in total. The topological polar surface area (TPSA) is 20.3 Å². The molecule has 0 amide bonds. The summed E-state index contributed by atoms with van der Waals surface area (Å²) in [6, 6.07) is 5.46. The molecule has 0 aliphatic heterocycles. The molecule has 0 bridgehead atoms. The van der Waals surface area contributed by atoms with E-state index in [0.717, 1.165) is 12.2 Å². The maximum atomic E-state index is 11.2. The summed E-state index contributed by atoms with van der Waals surface area (Å²) in [6.07, 6.45) is 0. The molecule has 1 rings (SSSR count). The Morgan fingerprint density at radius 2 is 2.06 bits per heavy atom. The van der Waals surface area contributed by atoms with Gasteiger partial charge in [-0.15, -0.1) is 0 Å². The fraction of sp³-hybridized carbons (Fsp3) is 0.462. The van der Waals surface area contributed by atoms with Crippen molar-refractivity contribution in [1.29, 1.82) is 0 Å². The number of hydrogen-bond acceptors (Lipinski definition) is 2. The molecule has 0 aliphatic carbocycles. The van der Waals surface area contributed by atoms with Gasteiger partial charge in [0.25, 0.3) is 0 Å². The zero-order chi connectivity index (χ0) is 12.3. The van der Waals surface area contributed by atoms with Crippen LogP contribution in [0.5, 0.6) is 0 Å². The highest BCUT2D eigenvalue weighted by Gasteiger charge is 2.09. The first-order valence-corrected chi connectivity index (χ1v) is 5.81. The van der Waals surface area contributed by atoms with Crippen molar-refractivity contribution in [3.63, 3.8) is 0 Å². The maximum absolute atomic E-state index is 11.2. The van der Waals surface area contributed by atoms with Gasteiger partial charge in [0, 0.05) is 19.2 Å². The lowest BCUT2D eigenvalue weighted by Crippen LogP contribution is -2.22. The van der Waals surface area contributed by atoms with Gasteiger partial charge in [-0.2, -0.15) is 0 Å². The third-order valence-electron chi connectivity index (χ3n) is 2.40. The van der Waals surface area contributed by atoms with Gasteiger partial charge in [-0.05, 0) is 31.0 Å². The van der Waals surface area contributed by atoms with Gasteiger partial charge in [-0.1, -0.05) is 25.4 Å². The standard InChI is InChI=1S/C13H18ClNO/c1-9(2)8-15(4)13-6-5-11(10(3)16)7-12(13)14/h5-7,9H,8H2,1-4H3. The summed E-state index contributed by atoms with van der Waals surface area (Å²) in [5.41, 5.74) is 1.63. The van der Waals surface area contributed by atoms with Crippen molar-refractivity contribution in [2.24, 2.45) is 5.92 Å². The molecule has 0 heterocycles. The number of carbonyl (C=O) groups excluding carboxylic acids is 1. The Bertz CT molecular complexity index is 388. The minimum absolute atomic E-state index is 0.0416. The summed E-state index contributed by atoms with van der Waals surface area (Å²) >= 11 is 6.16. The third-order valence-corrected chi connectivity index (χ3v) is 2.71. The monoisotopic (exact) mass is 239 g/mol. The van der Waals surface area contributed by atoms with E-state index in [0.29, 0.717) is 16.5 Å². The van der Waals surface area contributed by atoms with E-state index in [2.05, 4.69) is 18.7 Å². The molecule has 16 heavy (non-hydrogen) atoms. The number of carbonyl (C=O) groups is 1. The van der Waals surface area contributed by atoms with Crippen LogP contribution in [0.4, 0.5) is 5.69 Å². The van der Waals surface area contributed by atoms with Crippen LogP contribution in [0, 0.1) is 5.92 Å². The van der Waals surface area contributed by atoms with Crippen molar-refractivity contribution in [1.82, 2.24) is 0 Å². The average Bonchev–Trinajstić information content (AvgIpc) is 2.15. The molecule has 0 atom stereocenters. The number of rotatable bonds is 4. The van der Waals surface area contributed by atoms with Crippen molar-refractivity contribution in [3.05, 3.63) is 28.8 Å². The van der Waals surface area contributed by atoms with Crippen LogP contribution in [0.3, 0.4) is 0 Å². The minimum Gasteiger partial charge on any atom is -0.373 e. The zero-order valence-electron chi connectivity index (χ0n) is 10.2. The number of ketones is 1. The normalized spacial score (nSPS) is 10.6. The van der Waals surface area contributed by atoms with Crippen LogP contribution in [0.15, 0.2) is 18.2 Å². The number of hydrogen-bond donors (Lipinski definition) is 0. The van der Waals surface area contributed by atoms with E-state index in [9.17, 15) is 4.79 Å². The second-order valence-electron chi connectivity index (χ2n) is 4.50. The molecular weight excluding hydrogens is 222 g/mol. The van der Waals surface area contributed by atoms with Crippen LogP contribution >= 0.6 is 11.6 Å². The van der Waals surface area contributed by atoms with Crippen LogP contribution in [-0.2, 0) is 0 Å². The molecule has 0 saturated heterocycles. The number of halogens is 1. The second kappa shape index (κ2) is 5.35. The first-order chi connectivity index (χ1) is 7.41. The van der Waals surface area contributed by atoms with Crippen LogP contribution in [-0.4, -0.2) is 19.4 Å². The average molecular weight is 240 g/mol. The van der Waals surface area contributed by atoms with E-state index in [1.807, 2.05) is 19.2 Å². The minimum atomic E-state index is 0.0416. The summed E-state index contributed by atoms with van der Waals surface area (Å²) in [5.74, 6) is 0.619. The summed E-state index contributed by atoms with van der Waals surface area (Å²) in [7, 11) is 2.01. The predicted molar refractivity (Wildman–Crippen MR) is 69.6 cm³/mol. The lowest BCUT2D eigenvalue weighted by Gasteiger charge is -2.22. The molecule has 88 valence electrons.